The number of fused-ring (bicyclic) bond motifs is 4. The van der Waals surface area contributed by atoms with E-state index in [0.717, 1.165) is 0 Å². The van der Waals surface area contributed by atoms with Gasteiger partial charge in [0.2, 0.25) is 0 Å². The van der Waals surface area contributed by atoms with Crippen molar-refractivity contribution in [3.05, 3.63) is 180 Å². The lowest BCUT2D eigenvalue weighted by Gasteiger charge is -2.13. The molecule has 256 valence electrons. The van der Waals surface area contributed by atoms with Crippen molar-refractivity contribution in [2.24, 2.45) is 0 Å². The smallest absolute Gasteiger partial charge is 0.136 e. The van der Waals surface area contributed by atoms with Crippen molar-refractivity contribution in [1.29, 1.82) is 21.0 Å². The highest BCUT2D eigenvalue weighted by molar-refractivity contribution is 6.34. The van der Waals surface area contributed by atoms with Gasteiger partial charge < -0.3 is 0 Å². The van der Waals surface area contributed by atoms with Gasteiger partial charge in [-0.2, -0.15) is 21.0 Å². The predicted molar refractivity (Wildman–Crippen MR) is 230 cm³/mol. The molecule has 0 amide bonds. The highest BCUT2D eigenvalue weighted by Gasteiger charge is 2.13. The van der Waals surface area contributed by atoms with Gasteiger partial charge in [0.05, 0.1) is 0 Å². The van der Waals surface area contributed by atoms with Crippen LogP contribution in [0, 0.1) is 45.3 Å². The molecule has 0 aliphatic carbocycles. The van der Waals surface area contributed by atoms with E-state index in [0.29, 0.717) is 10.4 Å². The van der Waals surface area contributed by atoms with Crippen molar-refractivity contribution in [2.75, 3.05) is 0 Å². The van der Waals surface area contributed by atoms with Crippen molar-refractivity contribution in [2.45, 2.75) is 0 Å². The van der Waals surface area contributed by atoms with Crippen LogP contribution in [-0.4, -0.2) is 0 Å². The third-order valence-corrected chi connectivity index (χ3v) is 10.7. The van der Waals surface area contributed by atoms with E-state index < -0.39 is 0 Å². The maximum Gasteiger partial charge on any atom is 0.136 e. The van der Waals surface area contributed by atoms with Crippen LogP contribution < -0.4 is 10.4 Å². The van der Waals surface area contributed by atoms with Crippen LogP contribution in [0.2, 0.25) is 0 Å². The van der Waals surface area contributed by atoms with Crippen LogP contribution in [0.25, 0.3) is 97.3 Å². The van der Waals surface area contributed by atoms with E-state index in [1.54, 1.807) is 24.3 Å². The highest BCUT2D eigenvalue weighted by Crippen LogP contribution is 2.41. The Morgan fingerprint density at radius 2 is 0.429 bits per heavy atom. The fourth-order valence-electron chi connectivity index (χ4n) is 8.27. The zero-order valence-electron chi connectivity index (χ0n) is 30.0. The number of hydrogen-bond donors (Lipinski definition) is 0. The second-order valence-corrected chi connectivity index (χ2v) is 13.6. The van der Waals surface area contributed by atoms with E-state index in [1.807, 2.05) is 0 Å². The molecule has 0 saturated carbocycles. The number of nitriles is 4. The summed E-state index contributed by atoms with van der Waals surface area (Å²) in [7, 11) is 0. The molecule has 0 aromatic heterocycles. The van der Waals surface area contributed by atoms with E-state index in [2.05, 4.69) is 146 Å². The molecule has 0 unspecified atom stereocenters. The summed E-state index contributed by atoms with van der Waals surface area (Å²) >= 11 is 0. The van der Waals surface area contributed by atoms with Crippen molar-refractivity contribution < 1.29 is 0 Å². The largest absolute Gasteiger partial charge is 0.192 e. The molecule has 0 saturated heterocycles. The highest BCUT2D eigenvalue weighted by atomic mass is 14.3. The second kappa shape index (κ2) is 13.9. The van der Waals surface area contributed by atoms with Gasteiger partial charge in [0.25, 0.3) is 0 Å². The van der Waals surface area contributed by atoms with Crippen LogP contribution >= 0.6 is 0 Å². The van der Waals surface area contributed by atoms with Crippen LogP contribution in [-0.2, 0) is 0 Å². The van der Waals surface area contributed by atoms with E-state index in [4.69, 9.17) is 21.0 Å². The first-order valence-corrected chi connectivity index (χ1v) is 18.2. The third-order valence-electron chi connectivity index (χ3n) is 10.7. The van der Waals surface area contributed by atoms with Crippen LogP contribution in [0.4, 0.5) is 0 Å². The van der Waals surface area contributed by atoms with Gasteiger partial charge in [-0.3, -0.25) is 0 Å². The Morgan fingerprint density at radius 1 is 0.250 bits per heavy atom. The quantitative estimate of drug-likeness (QED) is 0.116. The Kier molecular flexibility index (Phi) is 8.35. The van der Waals surface area contributed by atoms with Gasteiger partial charge >= 0.3 is 0 Å². The van der Waals surface area contributed by atoms with E-state index in [-0.39, 0.29) is 11.1 Å². The molecule has 11 aromatic rings. The minimum atomic E-state index is 0.00187. The maximum absolute atomic E-state index is 8.63. The number of benzene rings is 11. The molecule has 4 heteroatoms. The second-order valence-electron chi connectivity index (χ2n) is 13.6. The normalized spacial score (nSPS) is 10.8. The molecule has 0 spiro atoms. The summed E-state index contributed by atoms with van der Waals surface area (Å²) < 4.78 is 0. The molecule has 0 heterocycles. The topological polar surface area (TPSA) is 95.2 Å². The first kappa shape index (κ1) is 33.5. The fourth-order valence-corrected chi connectivity index (χ4v) is 8.27. The lowest BCUT2D eigenvalue weighted by Crippen LogP contribution is -2.11. The fraction of sp³-hybridized carbons (Fsp3) is 0. The predicted octanol–water partition coefficient (Wildman–Crippen LogP) is 11.6. The lowest BCUT2D eigenvalue weighted by atomic mass is 9.90. The van der Waals surface area contributed by atoms with Gasteiger partial charge in [0, 0.05) is 10.4 Å². The van der Waals surface area contributed by atoms with Gasteiger partial charge in [-0.15, -0.1) is 0 Å². The molecular formula is C52H28N4. The van der Waals surface area contributed by atoms with Crippen LogP contribution in [0.15, 0.2) is 170 Å². The first-order chi connectivity index (χ1) is 27.6. The van der Waals surface area contributed by atoms with Crippen LogP contribution in [0.3, 0.4) is 0 Å². The van der Waals surface area contributed by atoms with Gasteiger partial charge in [0.15, 0.2) is 0 Å². The molecular weight excluding hydrogens is 681 g/mol. The molecule has 11 aromatic carbocycles. The average Bonchev–Trinajstić information content (AvgIpc) is 3.26. The Bertz CT molecular complexity index is 3010. The van der Waals surface area contributed by atoms with Gasteiger partial charge in [-0.25, -0.2) is 0 Å². The third kappa shape index (κ3) is 5.43. The Morgan fingerprint density at radius 3 is 0.589 bits per heavy atom. The molecule has 0 aliphatic rings. The summed E-state index contributed by atoms with van der Waals surface area (Å²) in [4.78, 5) is 0. The van der Waals surface area contributed by atoms with Gasteiger partial charge in [-0.1, -0.05) is 170 Å². The molecule has 0 bridgehead atoms. The number of rotatable bonds is 0. The Balaban J connectivity index is 0.000000111. The zero-order valence-corrected chi connectivity index (χ0v) is 30.0. The summed E-state index contributed by atoms with van der Waals surface area (Å²) in [6.45, 7) is 0. The van der Waals surface area contributed by atoms with Crippen LogP contribution in [0.5, 0.6) is 0 Å². The molecule has 4 nitrogen and oxygen atoms in total. The minimum Gasteiger partial charge on any atom is -0.192 e. The summed E-state index contributed by atoms with van der Waals surface area (Å²) in [6.07, 6.45) is 0. The standard InChI is InChI=1S/2C20H12.C12H4N4/c2*1-5-13-6-2-11-17-18-12-4-8-14-7-3-10-16(20(14)18)15(9-1)19(13)17;13-5-11(6-14)9-1-2-10(4-3-9)12(7-15)8-16/h2*1-12H;1-4H. The zero-order chi connectivity index (χ0) is 38.2. The molecule has 0 fully saturated rings. The van der Waals surface area contributed by atoms with Crippen molar-refractivity contribution in [3.63, 3.8) is 0 Å². The first-order valence-electron chi connectivity index (χ1n) is 18.2. The van der Waals surface area contributed by atoms with E-state index >= 15 is 0 Å². The van der Waals surface area contributed by atoms with Crippen LogP contribution in [0.1, 0.15) is 0 Å². The summed E-state index contributed by atoms with van der Waals surface area (Å²) in [5.41, 5.74) is 0.00373. The average molecular weight is 709 g/mol. The van der Waals surface area contributed by atoms with Crippen molar-refractivity contribution >= 4 is 97.3 Å². The Labute approximate surface area is 321 Å². The Hall–Kier alpha value is -8.28. The van der Waals surface area contributed by atoms with E-state index in [9.17, 15) is 0 Å². The molecule has 0 N–H and O–H groups in total. The summed E-state index contributed by atoms with van der Waals surface area (Å²) in [5.74, 6) is 0. The maximum atomic E-state index is 8.63. The molecule has 0 radical (unpaired) electrons. The molecule has 0 atom stereocenters. The minimum absolute atomic E-state index is 0.00187. The molecule has 0 aliphatic heterocycles. The molecule has 56 heavy (non-hydrogen) atoms. The monoisotopic (exact) mass is 708 g/mol. The lowest BCUT2D eigenvalue weighted by molar-refractivity contribution is 1.46. The van der Waals surface area contributed by atoms with Crippen molar-refractivity contribution in [1.82, 2.24) is 0 Å². The van der Waals surface area contributed by atoms with E-state index in [1.165, 1.54) is 110 Å². The van der Waals surface area contributed by atoms with Crippen molar-refractivity contribution in [3.8, 4) is 24.3 Å². The number of hydrogen-bond acceptors (Lipinski definition) is 4. The molecule has 11 rings (SSSR count). The number of nitrogens with zero attached hydrogens (tertiary/aromatic N) is 4. The van der Waals surface area contributed by atoms with Gasteiger partial charge in [-0.05, 0) is 86.2 Å². The summed E-state index contributed by atoms with van der Waals surface area (Å²) in [5, 5.41) is 57.2. The SMILES string of the molecule is N#CC(C#N)=c1ccc(=C(C#N)C#N)cc1.c1cc2cccc3c4cccc5cccc(c(c1)c23)c54.c1cc2cccc3c4cccc5cccc(c(c1)c23)c54. The van der Waals surface area contributed by atoms with Gasteiger partial charge in [0.1, 0.15) is 35.4 Å². The summed E-state index contributed by atoms with van der Waals surface area (Å²) in [6, 6.07) is 66.1.